The summed E-state index contributed by atoms with van der Waals surface area (Å²) in [5.41, 5.74) is 0.777. The number of benzene rings is 1. The fourth-order valence-electron chi connectivity index (χ4n) is 2.66. The number of ether oxygens (including phenoxy) is 1. The van der Waals surface area contributed by atoms with Crippen molar-refractivity contribution in [3.8, 4) is 5.75 Å². The molecule has 5 nitrogen and oxygen atoms in total. The number of fused-ring (bicyclic) bond motifs is 1. The molecule has 0 radical (unpaired) electrons. The van der Waals surface area contributed by atoms with Crippen molar-refractivity contribution >= 4 is 5.91 Å². The summed E-state index contributed by atoms with van der Waals surface area (Å²) >= 11 is 0. The predicted octanol–water partition coefficient (Wildman–Crippen LogP) is 3.33. The molecule has 3 rings (SSSR count). The minimum absolute atomic E-state index is 0.0943. The second-order valence-corrected chi connectivity index (χ2v) is 7.12. The van der Waals surface area contributed by atoms with Crippen molar-refractivity contribution in [3.05, 3.63) is 47.7 Å². The van der Waals surface area contributed by atoms with Crippen LogP contribution in [0.4, 0.5) is 0 Å². The van der Waals surface area contributed by atoms with Gasteiger partial charge in [-0.2, -0.15) is 0 Å². The van der Waals surface area contributed by atoms with Gasteiger partial charge in [0.25, 0.3) is 0 Å². The summed E-state index contributed by atoms with van der Waals surface area (Å²) in [6.07, 6.45) is 1.10. The van der Waals surface area contributed by atoms with Crippen LogP contribution in [0.15, 0.2) is 34.7 Å². The molecular weight excluding hydrogens is 304 g/mol. The van der Waals surface area contributed by atoms with E-state index in [0.717, 1.165) is 29.5 Å². The van der Waals surface area contributed by atoms with E-state index in [9.17, 15) is 4.79 Å². The number of rotatable bonds is 4. The van der Waals surface area contributed by atoms with Crippen LogP contribution in [0.2, 0.25) is 0 Å². The van der Waals surface area contributed by atoms with Gasteiger partial charge in [-0.3, -0.25) is 4.79 Å². The van der Waals surface area contributed by atoms with Crippen molar-refractivity contribution < 1.29 is 13.9 Å². The van der Waals surface area contributed by atoms with Crippen LogP contribution in [-0.2, 0) is 23.2 Å². The molecule has 1 aromatic carbocycles. The van der Waals surface area contributed by atoms with Crippen molar-refractivity contribution in [3.63, 3.8) is 0 Å². The summed E-state index contributed by atoms with van der Waals surface area (Å²) in [6, 6.07) is 9.55. The number of carbonyl (C=O) groups is 1. The van der Waals surface area contributed by atoms with Crippen molar-refractivity contribution in [2.75, 3.05) is 13.2 Å². The summed E-state index contributed by atoms with van der Waals surface area (Å²) in [7, 11) is 0. The molecule has 128 valence electrons. The average Bonchev–Trinajstić information content (AvgIpc) is 2.99. The first kappa shape index (κ1) is 16.6. The van der Waals surface area contributed by atoms with Crippen molar-refractivity contribution in [2.45, 2.75) is 45.6 Å². The topological polar surface area (TPSA) is 55.6 Å². The number of aromatic nitrogens is 1. The standard InChI is InChI=1S/C19H24N2O3/c1-19(2,3)18-20-15-13-21(11-9-16(15)24-18)17(22)10-12-23-14-7-5-4-6-8-14/h4-8H,9-13H2,1-3H3. The van der Waals surface area contributed by atoms with Crippen molar-refractivity contribution in [1.29, 1.82) is 0 Å². The lowest BCUT2D eigenvalue weighted by molar-refractivity contribution is -0.132. The molecule has 0 N–H and O–H groups in total. The van der Waals surface area contributed by atoms with Gasteiger partial charge in [0, 0.05) is 18.4 Å². The normalized spacial score (nSPS) is 14.4. The monoisotopic (exact) mass is 328 g/mol. The highest BCUT2D eigenvalue weighted by Crippen LogP contribution is 2.27. The minimum atomic E-state index is -0.115. The van der Waals surface area contributed by atoms with Crippen molar-refractivity contribution in [1.82, 2.24) is 9.88 Å². The van der Waals surface area contributed by atoms with Crippen molar-refractivity contribution in [2.24, 2.45) is 0 Å². The van der Waals surface area contributed by atoms with E-state index in [0.29, 0.717) is 26.1 Å². The molecule has 0 saturated carbocycles. The van der Waals surface area contributed by atoms with Gasteiger partial charge in [-0.15, -0.1) is 0 Å². The molecule has 0 spiro atoms. The maximum Gasteiger partial charge on any atom is 0.226 e. The lowest BCUT2D eigenvalue weighted by atomic mass is 9.97. The second-order valence-electron chi connectivity index (χ2n) is 7.12. The van der Waals surface area contributed by atoms with Crippen LogP contribution in [0.3, 0.4) is 0 Å². The maximum absolute atomic E-state index is 12.4. The van der Waals surface area contributed by atoms with Gasteiger partial charge in [-0.25, -0.2) is 4.98 Å². The predicted molar refractivity (Wildman–Crippen MR) is 90.9 cm³/mol. The fourth-order valence-corrected chi connectivity index (χ4v) is 2.66. The Hall–Kier alpha value is -2.30. The molecule has 24 heavy (non-hydrogen) atoms. The Balaban J connectivity index is 1.55. The third-order valence-corrected chi connectivity index (χ3v) is 4.05. The average molecular weight is 328 g/mol. The first-order valence-corrected chi connectivity index (χ1v) is 8.38. The lowest BCUT2D eigenvalue weighted by Crippen LogP contribution is -2.36. The van der Waals surface area contributed by atoms with Crippen LogP contribution in [0.5, 0.6) is 5.75 Å². The summed E-state index contributed by atoms with van der Waals surface area (Å²) in [6.45, 7) is 7.82. The third kappa shape index (κ3) is 3.78. The molecular formula is C19H24N2O3. The number of hydrogen-bond donors (Lipinski definition) is 0. The Labute approximate surface area is 142 Å². The van der Waals surface area contributed by atoms with E-state index >= 15 is 0 Å². The molecule has 0 bridgehead atoms. The summed E-state index contributed by atoms with van der Waals surface area (Å²) in [5, 5.41) is 0. The maximum atomic E-state index is 12.4. The molecule has 0 unspecified atom stereocenters. The quantitative estimate of drug-likeness (QED) is 0.864. The molecule has 1 aliphatic heterocycles. The zero-order chi connectivity index (χ0) is 17.2. The highest BCUT2D eigenvalue weighted by molar-refractivity contribution is 5.76. The highest BCUT2D eigenvalue weighted by Gasteiger charge is 2.28. The first-order valence-electron chi connectivity index (χ1n) is 8.38. The minimum Gasteiger partial charge on any atom is -0.493 e. The number of nitrogens with zero attached hydrogens (tertiary/aromatic N) is 2. The molecule has 0 saturated heterocycles. The molecule has 2 aromatic rings. The number of oxazole rings is 1. The SMILES string of the molecule is CC(C)(C)c1nc2c(o1)CCN(C(=O)CCOc1ccccc1)C2. The first-order chi connectivity index (χ1) is 11.4. The van der Waals surface area contributed by atoms with Gasteiger partial charge >= 0.3 is 0 Å². The van der Waals surface area contributed by atoms with E-state index in [1.807, 2.05) is 35.2 Å². The Morgan fingerprint density at radius 2 is 2.04 bits per heavy atom. The number of carbonyl (C=O) groups excluding carboxylic acids is 1. The van der Waals surface area contributed by atoms with Gasteiger partial charge in [0.2, 0.25) is 5.91 Å². The van der Waals surface area contributed by atoms with Crippen LogP contribution in [0.25, 0.3) is 0 Å². The Morgan fingerprint density at radius 3 is 2.75 bits per heavy atom. The molecule has 0 atom stereocenters. The van der Waals surface area contributed by atoms with E-state index in [1.54, 1.807) is 0 Å². The number of hydrogen-bond acceptors (Lipinski definition) is 4. The summed E-state index contributed by atoms with van der Waals surface area (Å²) in [5.74, 6) is 2.55. The van der Waals surface area contributed by atoms with Gasteiger partial charge in [0.1, 0.15) is 17.2 Å². The van der Waals surface area contributed by atoms with Crippen LogP contribution in [0.1, 0.15) is 44.5 Å². The largest absolute Gasteiger partial charge is 0.493 e. The van der Waals surface area contributed by atoms with Gasteiger partial charge < -0.3 is 14.1 Å². The molecule has 1 aromatic heterocycles. The summed E-state index contributed by atoms with van der Waals surface area (Å²) < 4.78 is 11.5. The van der Waals surface area contributed by atoms with Gasteiger partial charge in [-0.05, 0) is 12.1 Å². The smallest absolute Gasteiger partial charge is 0.226 e. The molecule has 0 fully saturated rings. The van der Waals surface area contributed by atoms with E-state index in [4.69, 9.17) is 9.15 Å². The number of amides is 1. The Kier molecular flexibility index (Phi) is 4.60. The molecule has 5 heteroatoms. The van der Waals surface area contributed by atoms with Crippen LogP contribution in [0, 0.1) is 0 Å². The second kappa shape index (κ2) is 6.67. The molecule has 1 amide bonds. The van der Waals surface area contributed by atoms with Gasteiger partial charge in [-0.1, -0.05) is 39.0 Å². The lowest BCUT2D eigenvalue weighted by Gasteiger charge is -2.25. The van der Waals surface area contributed by atoms with E-state index < -0.39 is 0 Å². The van der Waals surface area contributed by atoms with Crippen LogP contribution in [-0.4, -0.2) is 28.9 Å². The van der Waals surface area contributed by atoms with Gasteiger partial charge in [0.15, 0.2) is 5.89 Å². The van der Waals surface area contributed by atoms with E-state index in [1.165, 1.54) is 0 Å². The van der Waals surface area contributed by atoms with Gasteiger partial charge in [0.05, 0.1) is 19.6 Å². The van der Waals surface area contributed by atoms with Crippen LogP contribution < -0.4 is 4.74 Å². The molecule has 0 aliphatic carbocycles. The zero-order valence-corrected chi connectivity index (χ0v) is 14.5. The van der Waals surface area contributed by atoms with E-state index in [-0.39, 0.29) is 11.3 Å². The molecule has 1 aliphatic rings. The van der Waals surface area contributed by atoms with Crippen LogP contribution >= 0.6 is 0 Å². The summed E-state index contributed by atoms with van der Waals surface area (Å²) in [4.78, 5) is 18.8. The number of para-hydroxylation sites is 1. The highest BCUT2D eigenvalue weighted by atomic mass is 16.5. The Bertz CT molecular complexity index is 701. The van der Waals surface area contributed by atoms with E-state index in [2.05, 4.69) is 25.8 Å². The Morgan fingerprint density at radius 1 is 1.29 bits per heavy atom. The molecule has 2 heterocycles. The third-order valence-electron chi connectivity index (χ3n) is 4.05. The fraction of sp³-hybridized carbons (Fsp3) is 0.474. The zero-order valence-electron chi connectivity index (χ0n) is 14.5.